The van der Waals surface area contributed by atoms with Crippen LogP contribution < -0.4 is 5.32 Å². The Hall–Kier alpha value is -3.02. The lowest BCUT2D eigenvalue weighted by molar-refractivity contribution is 0.0719. The van der Waals surface area contributed by atoms with Gasteiger partial charge < -0.3 is 10.2 Å². The number of nitrogens with zero attached hydrogens (tertiary/aromatic N) is 2. The minimum Gasteiger partial charge on any atom is -0.355 e. The maximum Gasteiger partial charge on any atom is 0.272 e. The summed E-state index contributed by atoms with van der Waals surface area (Å²) < 4.78 is 26.9. The quantitative estimate of drug-likeness (QED) is 0.679. The van der Waals surface area contributed by atoms with Crippen LogP contribution in [0.1, 0.15) is 35.3 Å². The van der Waals surface area contributed by atoms with E-state index in [1.807, 2.05) is 30.0 Å². The predicted octanol–water partition coefficient (Wildman–Crippen LogP) is 5.19. The molecule has 2 aromatic carbocycles. The van der Waals surface area contributed by atoms with Gasteiger partial charge >= 0.3 is 0 Å². The Morgan fingerprint density at radius 3 is 2.54 bits per heavy atom. The molecule has 4 rings (SSSR count). The number of benzene rings is 2. The summed E-state index contributed by atoms with van der Waals surface area (Å²) in [6.45, 7) is 3.43. The fourth-order valence-electron chi connectivity index (χ4n) is 3.54. The van der Waals surface area contributed by atoms with Crippen LogP contribution in [0.5, 0.6) is 0 Å². The zero-order valence-corrected chi connectivity index (χ0v) is 15.6. The zero-order valence-electron chi connectivity index (χ0n) is 15.6. The van der Waals surface area contributed by atoms with Gasteiger partial charge in [0.2, 0.25) is 0 Å². The largest absolute Gasteiger partial charge is 0.355 e. The number of nitrogens with one attached hydrogen (secondary N) is 1. The lowest BCUT2D eigenvalue weighted by Gasteiger charge is -2.26. The number of carbonyl (C=O) groups excluding carboxylic acids is 1. The molecule has 0 aliphatic carbocycles. The first-order valence-electron chi connectivity index (χ1n) is 9.44. The summed E-state index contributed by atoms with van der Waals surface area (Å²) >= 11 is 0. The van der Waals surface area contributed by atoms with Crippen LogP contribution in [0.4, 0.5) is 20.2 Å². The molecule has 0 spiro atoms. The van der Waals surface area contributed by atoms with Crippen molar-refractivity contribution in [3.8, 4) is 0 Å². The second-order valence-corrected chi connectivity index (χ2v) is 7.18. The van der Waals surface area contributed by atoms with E-state index in [-0.39, 0.29) is 5.91 Å². The van der Waals surface area contributed by atoms with Crippen LogP contribution >= 0.6 is 0 Å². The lowest BCUT2D eigenvalue weighted by atomic mass is 10.1. The molecule has 144 valence electrons. The lowest BCUT2D eigenvalue weighted by Crippen LogP contribution is -2.36. The van der Waals surface area contributed by atoms with Crippen molar-refractivity contribution in [3.05, 3.63) is 65.4 Å². The molecule has 1 amide bonds. The minimum atomic E-state index is -0.927. The van der Waals surface area contributed by atoms with Crippen molar-refractivity contribution < 1.29 is 13.6 Å². The molecule has 1 saturated heterocycles. The highest BCUT2D eigenvalue weighted by molar-refractivity contribution is 6.00. The summed E-state index contributed by atoms with van der Waals surface area (Å²) in [5.41, 5.74) is 3.11. The molecule has 0 bridgehead atoms. The summed E-state index contributed by atoms with van der Waals surface area (Å²) in [4.78, 5) is 19.3. The number of aromatic nitrogens is 1. The van der Waals surface area contributed by atoms with Gasteiger partial charge in [0.25, 0.3) is 5.91 Å². The van der Waals surface area contributed by atoms with Gasteiger partial charge in [0.1, 0.15) is 5.69 Å². The summed E-state index contributed by atoms with van der Waals surface area (Å²) in [5.74, 6) is -1.93. The smallest absolute Gasteiger partial charge is 0.272 e. The molecule has 6 heteroatoms. The number of rotatable bonds is 3. The van der Waals surface area contributed by atoms with Gasteiger partial charge in [-0.05, 0) is 56.5 Å². The highest BCUT2D eigenvalue weighted by atomic mass is 19.2. The van der Waals surface area contributed by atoms with E-state index in [1.54, 1.807) is 6.07 Å². The van der Waals surface area contributed by atoms with E-state index < -0.39 is 11.6 Å². The highest BCUT2D eigenvalue weighted by Crippen LogP contribution is 2.29. The number of amides is 1. The number of pyridine rings is 1. The Morgan fingerprint density at radius 1 is 1.00 bits per heavy atom. The van der Waals surface area contributed by atoms with Crippen LogP contribution in [0.2, 0.25) is 0 Å². The van der Waals surface area contributed by atoms with Crippen LogP contribution in [-0.4, -0.2) is 28.9 Å². The molecule has 28 heavy (non-hydrogen) atoms. The number of aryl methyl sites for hydroxylation is 1. The van der Waals surface area contributed by atoms with Gasteiger partial charge in [0.15, 0.2) is 11.6 Å². The van der Waals surface area contributed by atoms with Crippen molar-refractivity contribution in [1.29, 1.82) is 0 Å². The molecule has 3 aromatic rings. The van der Waals surface area contributed by atoms with Crippen molar-refractivity contribution in [2.75, 3.05) is 18.4 Å². The Kier molecular flexibility index (Phi) is 4.94. The van der Waals surface area contributed by atoms with E-state index in [2.05, 4.69) is 10.3 Å². The number of piperidine rings is 1. The highest BCUT2D eigenvalue weighted by Gasteiger charge is 2.21. The van der Waals surface area contributed by atoms with Crippen LogP contribution in [0.15, 0.2) is 42.5 Å². The summed E-state index contributed by atoms with van der Waals surface area (Å²) in [5, 5.41) is 3.94. The second kappa shape index (κ2) is 7.54. The molecular formula is C22H21F2N3O. The number of likely N-dealkylation sites (tertiary alicyclic amines) is 1. The van der Waals surface area contributed by atoms with Gasteiger partial charge in [-0.2, -0.15) is 0 Å². The molecule has 1 N–H and O–H groups in total. The molecule has 0 saturated carbocycles. The van der Waals surface area contributed by atoms with Crippen molar-refractivity contribution in [2.24, 2.45) is 0 Å². The Balaban J connectivity index is 1.77. The molecule has 0 radical (unpaired) electrons. The Bertz CT molecular complexity index is 1050. The first-order valence-corrected chi connectivity index (χ1v) is 9.44. The third kappa shape index (κ3) is 3.67. The minimum absolute atomic E-state index is 0.101. The van der Waals surface area contributed by atoms with Crippen LogP contribution in [0.25, 0.3) is 10.9 Å². The van der Waals surface area contributed by atoms with Crippen molar-refractivity contribution in [2.45, 2.75) is 26.2 Å². The van der Waals surface area contributed by atoms with Gasteiger partial charge in [-0.15, -0.1) is 0 Å². The van der Waals surface area contributed by atoms with Gasteiger partial charge in [-0.1, -0.05) is 11.6 Å². The Morgan fingerprint density at radius 2 is 1.79 bits per heavy atom. The number of carbonyl (C=O) groups is 1. The maximum atomic E-state index is 13.6. The van der Waals surface area contributed by atoms with Crippen LogP contribution in [-0.2, 0) is 0 Å². The van der Waals surface area contributed by atoms with Crippen LogP contribution in [0.3, 0.4) is 0 Å². The molecule has 0 unspecified atom stereocenters. The van der Waals surface area contributed by atoms with Gasteiger partial charge in [0.05, 0.1) is 11.2 Å². The molecule has 4 nitrogen and oxygen atoms in total. The first kappa shape index (κ1) is 18.3. The zero-order chi connectivity index (χ0) is 19.7. The maximum absolute atomic E-state index is 13.6. The second-order valence-electron chi connectivity index (χ2n) is 7.18. The fourth-order valence-corrected chi connectivity index (χ4v) is 3.54. The molecular weight excluding hydrogens is 360 g/mol. The third-order valence-corrected chi connectivity index (χ3v) is 5.03. The average molecular weight is 381 g/mol. The number of hydrogen-bond acceptors (Lipinski definition) is 3. The van der Waals surface area contributed by atoms with Crippen LogP contribution in [0, 0.1) is 18.6 Å². The van der Waals surface area contributed by atoms with Gasteiger partial charge in [0, 0.05) is 30.2 Å². The number of anilines is 2. The summed E-state index contributed by atoms with van der Waals surface area (Å²) in [6, 6.07) is 11.1. The molecule has 2 heterocycles. The fraction of sp³-hybridized carbons (Fsp3) is 0.273. The monoisotopic (exact) mass is 381 g/mol. The van der Waals surface area contributed by atoms with Crippen molar-refractivity contribution in [1.82, 2.24) is 9.88 Å². The predicted molar refractivity (Wildman–Crippen MR) is 106 cm³/mol. The van der Waals surface area contributed by atoms with E-state index in [4.69, 9.17) is 0 Å². The van der Waals surface area contributed by atoms with E-state index in [0.717, 1.165) is 55.4 Å². The summed E-state index contributed by atoms with van der Waals surface area (Å²) in [7, 11) is 0. The first-order chi connectivity index (χ1) is 13.5. The molecule has 1 aliphatic rings. The normalized spacial score (nSPS) is 14.3. The Labute approximate surface area is 162 Å². The topological polar surface area (TPSA) is 45.2 Å². The van der Waals surface area contributed by atoms with Crippen molar-refractivity contribution in [3.63, 3.8) is 0 Å². The third-order valence-electron chi connectivity index (χ3n) is 5.03. The number of hydrogen-bond donors (Lipinski definition) is 1. The molecule has 1 aromatic heterocycles. The number of fused-ring (bicyclic) bond motifs is 1. The van der Waals surface area contributed by atoms with E-state index in [0.29, 0.717) is 22.6 Å². The molecule has 1 fully saturated rings. The number of halogens is 2. The summed E-state index contributed by atoms with van der Waals surface area (Å²) in [6.07, 6.45) is 3.13. The van der Waals surface area contributed by atoms with E-state index >= 15 is 0 Å². The average Bonchev–Trinajstić information content (AvgIpc) is 2.71. The molecule has 1 aliphatic heterocycles. The molecule has 0 atom stereocenters. The van der Waals surface area contributed by atoms with Gasteiger partial charge in [-0.25, -0.2) is 13.8 Å². The van der Waals surface area contributed by atoms with E-state index in [1.165, 1.54) is 6.07 Å². The van der Waals surface area contributed by atoms with Gasteiger partial charge in [-0.3, -0.25) is 4.79 Å². The van der Waals surface area contributed by atoms with E-state index in [9.17, 15) is 13.6 Å². The standard InChI is InChI=1S/C22H21F2N3O/c1-14-5-8-19-16(11-14)20(25-15-6-7-17(23)18(24)12-15)13-21(26-19)22(28)27-9-3-2-4-10-27/h5-8,11-13H,2-4,9-10H2,1H3,(H,25,26). The van der Waals surface area contributed by atoms with Crippen molar-refractivity contribution >= 4 is 28.2 Å². The SMILES string of the molecule is Cc1ccc2nc(C(=O)N3CCCCC3)cc(Nc3ccc(F)c(F)c3)c2c1.